The highest BCUT2D eigenvalue weighted by molar-refractivity contribution is 5.85. The summed E-state index contributed by atoms with van der Waals surface area (Å²) < 4.78 is 1.81. The van der Waals surface area contributed by atoms with E-state index in [0.29, 0.717) is 12.5 Å². The Morgan fingerprint density at radius 1 is 1.67 bits per heavy atom. The van der Waals surface area contributed by atoms with Gasteiger partial charge in [-0.15, -0.1) is 0 Å². The largest absolute Gasteiger partial charge is 0.368 e. The van der Waals surface area contributed by atoms with Crippen LogP contribution in [0.2, 0.25) is 0 Å². The van der Waals surface area contributed by atoms with E-state index in [1.54, 1.807) is 0 Å². The molecule has 1 unspecified atom stereocenters. The smallest absolute Gasteiger partial charge is 0.239 e. The summed E-state index contributed by atoms with van der Waals surface area (Å²) in [6.45, 7) is 6.53. The Balaban J connectivity index is 2.25. The zero-order valence-electron chi connectivity index (χ0n) is 11.3. The van der Waals surface area contributed by atoms with Crippen molar-refractivity contribution < 1.29 is 4.79 Å². The summed E-state index contributed by atoms with van der Waals surface area (Å²) in [7, 11) is 0. The van der Waals surface area contributed by atoms with Crippen molar-refractivity contribution in [2.45, 2.75) is 51.7 Å². The van der Waals surface area contributed by atoms with Gasteiger partial charge < -0.3 is 5.73 Å². The van der Waals surface area contributed by atoms with Crippen LogP contribution in [-0.4, -0.2) is 27.3 Å². The highest BCUT2D eigenvalue weighted by Crippen LogP contribution is 2.40. The van der Waals surface area contributed by atoms with Crippen LogP contribution in [0.25, 0.3) is 0 Å². The molecular weight excluding hydrogens is 228 g/mol. The number of nitrogens with two attached hydrogens (primary N) is 1. The van der Waals surface area contributed by atoms with Crippen LogP contribution in [0.1, 0.15) is 32.4 Å². The van der Waals surface area contributed by atoms with Crippen molar-refractivity contribution in [3.05, 3.63) is 18.0 Å². The lowest BCUT2D eigenvalue weighted by molar-refractivity contribution is -0.126. The summed E-state index contributed by atoms with van der Waals surface area (Å²) in [6, 6.07) is 2.16. The molecule has 5 heteroatoms. The minimum Gasteiger partial charge on any atom is -0.368 e. The molecule has 1 fully saturated rings. The molecule has 5 nitrogen and oxygen atoms in total. The third-order valence-electron chi connectivity index (χ3n) is 3.45. The second kappa shape index (κ2) is 4.72. The number of hydrogen-bond acceptors (Lipinski definition) is 3. The molecule has 18 heavy (non-hydrogen) atoms. The highest BCUT2D eigenvalue weighted by Gasteiger charge is 2.50. The normalized spacial score (nSPS) is 18.9. The fourth-order valence-electron chi connectivity index (χ4n) is 2.54. The Morgan fingerprint density at radius 3 is 2.72 bits per heavy atom. The Hall–Kier alpha value is -1.36. The van der Waals surface area contributed by atoms with E-state index in [-0.39, 0.29) is 11.9 Å². The summed E-state index contributed by atoms with van der Waals surface area (Å²) in [6.07, 6.45) is 4.02. The molecule has 1 aliphatic carbocycles. The highest BCUT2D eigenvalue weighted by atomic mass is 16.1. The van der Waals surface area contributed by atoms with E-state index in [1.165, 1.54) is 0 Å². The van der Waals surface area contributed by atoms with Crippen LogP contribution in [-0.2, 0) is 11.3 Å². The number of carbonyl (C=O) groups is 1. The lowest BCUT2D eigenvalue weighted by Gasteiger charge is -2.34. The van der Waals surface area contributed by atoms with Gasteiger partial charge in [0.25, 0.3) is 0 Å². The van der Waals surface area contributed by atoms with E-state index in [4.69, 9.17) is 5.73 Å². The van der Waals surface area contributed by atoms with Crippen LogP contribution in [0.3, 0.4) is 0 Å². The number of nitrogens with one attached hydrogen (secondary N) is 1. The number of carbonyl (C=O) groups excluding carboxylic acids is 1. The number of nitrogens with zero attached hydrogens (tertiary/aromatic N) is 2. The number of amides is 1. The van der Waals surface area contributed by atoms with Crippen LogP contribution in [0.5, 0.6) is 0 Å². The Kier molecular flexibility index (Phi) is 3.43. The molecule has 0 aliphatic heterocycles. The molecule has 100 valence electrons. The average molecular weight is 250 g/mol. The zero-order chi connectivity index (χ0) is 13.3. The van der Waals surface area contributed by atoms with Gasteiger partial charge in [-0.05, 0) is 45.6 Å². The van der Waals surface area contributed by atoms with E-state index in [0.717, 1.165) is 18.5 Å². The Morgan fingerprint density at radius 2 is 2.33 bits per heavy atom. The minimum absolute atomic E-state index is 0.217. The van der Waals surface area contributed by atoms with Gasteiger partial charge >= 0.3 is 0 Å². The predicted molar refractivity (Wildman–Crippen MR) is 69.9 cm³/mol. The van der Waals surface area contributed by atoms with Gasteiger partial charge in [0.05, 0.1) is 12.2 Å². The lowest BCUT2D eigenvalue weighted by atomic mass is 9.91. The van der Waals surface area contributed by atoms with Crippen LogP contribution in [0.4, 0.5) is 0 Å². The summed E-state index contributed by atoms with van der Waals surface area (Å²) in [5, 5.41) is 7.74. The maximum Gasteiger partial charge on any atom is 0.239 e. The predicted octanol–water partition coefficient (Wildman–Crippen LogP) is 0.824. The lowest BCUT2D eigenvalue weighted by Crippen LogP contribution is -2.61. The number of rotatable bonds is 6. The van der Waals surface area contributed by atoms with Crippen LogP contribution in [0.15, 0.2) is 12.3 Å². The van der Waals surface area contributed by atoms with Gasteiger partial charge in [-0.3, -0.25) is 14.8 Å². The maximum absolute atomic E-state index is 12.0. The summed E-state index contributed by atoms with van der Waals surface area (Å²) in [4.78, 5) is 12.0. The first-order chi connectivity index (χ1) is 8.44. The fourth-order valence-corrected chi connectivity index (χ4v) is 2.54. The van der Waals surface area contributed by atoms with Crippen LogP contribution in [0, 0.1) is 12.8 Å². The number of primary amides is 1. The summed E-state index contributed by atoms with van der Waals surface area (Å²) in [5.41, 5.74) is 5.97. The molecule has 1 atom stereocenters. The quantitative estimate of drug-likeness (QED) is 0.785. The van der Waals surface area contributed by atoms with E-state index in [2.05, 4.69) is 10.4 Å². The first-order valence-electron chi connectivity index (χ1n) is 6.51. The van der Waals surface area contributed by atoms with E-state index in [1.807, 2.05) is 37.7 Å². The average Bonchev–Trinajstić information content (AvgIpc) is 3.02. The number of aryl methyl sites for hydroxylation is 1. The SMILES string of the molecule is Cc1ccn(CC(NC(C)C)(C(N)=O)C2CC2)n1. The van der Waals surface area contributed by atoms with E-state index >= 15 is 0 Å². The van der Waals surface area contributed by atoms with Gasteiger partial charge in [0.1, 0.15) is 5.54 Å². The van der Waals surface area contributed by atoms with Gasteiger partial charge in [-0.2, -0.15) is 5.10 Å². The third-order valence-corrected chi connectivity index (χ3v) is 3.45. The minimum atomic E-state index is -0.660. The molecule has 0 spiro atoms. The topological polar surface area (TPSA) is 72.9 Å². The monoisotopic (exact) mass is 250 g/mol. The molecular formula is C13H22N4O. The molecule has 1 amide bonds. The van der Waals surface area contributed by atoms with Crippen molar-refractivity contribution >= 4 is 5.91 Å². The summed E-state index contributed by atoms with van der Waals surface area (Å²) >= 11 is 0. The van der Waals surface area contributed by atoms with Gasteiger partial charge in [0.2, 0.25) is 5.91 Å². The standard InChI is InChI=1S/C13H22N4O/c1-9(2)15-13(12(14)18,11-4-5-11)8-17-7-6-10(3)16-17/h6-7,9,11,15H,4-5,8H2,1-3H3,(H2,14,18). The molecule has 0 bridgehead atoms. The Bertz CT molecular complexity index is 436. The van der Waals surface area contributed by atoms with Gasteiger partial charge in [0, 0.05) is 12.2 Å². The third kappa shape index (κ3) is 2.56. The summed E-state index contributed by atoms with van der Waals surface area (Å²) in [5.74, 6) is 0.0637. The second-order valence-corrected chi connectivity index (χ2v) is 5.56. The first-order valence-corrected chi connectivity index (χ1v) is 6.51. The Labute approximate surface area is 108 Å². The van der Waals surface area contributed by atoms with E-state index in [9.17, 15) is 4.79 Å². The van der Waals surface area contributed by atoms with Crippen molar-refractivity contribution in [3.8, 4) is 0 Å². The number of hydrogen-bond donors (Lipinski definition) is 2. The number of aromatic nitrogens is 2. The molecule has 0 saturated heterocycles. The van der Waals surface area contributed by atoms with Crippen molar-refractivity contribution in [1.82, 2.24) is 15.1 Å². The van der Waals surface area contributed by atoms with Gasteiger partial charge in [-0.1, -0.05) is 0 Å². The molecule has 0 radical (unpaired) electrons. The van der Waals surface area contributed by atoms with Crippen LogP contribution < -0.4 is 11.1 Å². The molecule has 1 heterocycles. The van der Waals surface area contributed by atoms with E-state index < -0.39 is 5.54 Å². The van der Waals surface area contributed by atoms with Crippen molar-refractivity contribution in [2.75, 3.05) is 0 Å². The van der Waals surface area contributed by atoms with Gasteiger partial charge in [-0.25, -0.2) is 0 Å². The fraction of sp³-hybridized carbons (Fsp3) is 0.692. The molecule has 3 N–H and O–H groups in total. The van der Waals surface area contributed by atoms with Crippen molar-refractivity contribution in [3.63, 3.8) is 0 Å². The van der Waals surface area contributed by atoms with Crippen molar-refractivity contribution in [1.29, 1.82) is 0 Å². The van der Waals surface area contributed by atoms with Crippen LogP contribution >= 0.6 is 0 Å². The molecule has 0 aromatic carbocycles. The molecule has 1 aliphatic rings. The maximum atomic E-state index is 12.0. The molecule has 1 saturated carbocycles. The zero-order valence-corrected chi connectivity index (χ0v) is 11.3. The first kappa shape index (κ1) is 13.1. The molecule has 1 aromatic rings. The molecule has 1 aromatic heterocycles. The van der Waals surface area contributed by atoms with Crippen molar-refractivity contribution in [2.24, 2.45) is 11.7 Å². The molecule has 2 rings (SSSR count). The van der Waals surface area contributed by atoms with Gasteiger partial charge in [0.15, 0.2) is 0 Å². The second-order valence-electron chi connectivity index (χ2n) is 5.56.